The lowest BCUT2D eigenvalue weighted by Crippen LogP contribution is -1.47. The van der Waals surface area contributed by atoms with Gasteiger partial charge in [-0.3, -0.25) is 0 Å². The minimum absolute atomic E-state index is 0.572. The van der Waals surface area contributed by atoms with Crippen LogP contribution in [0.25, 0.3) is 0 Å². The summed E-state index contributed by atoms with van der Waals surface area (Å²) in [5, 5.41) is 0. The van der Waals surface area contributed by atoms with Crippen LogP contribution in [0.2, 0.25) is 0 Å². The molecule has 1 rings (SSSR count). The van der Waals surface area contributed by atoms with Crippen LogP contribution in [0.5, 0.6) is 0 Å². The molecule has 0 saturated heterocycles. The van der Waals surface area contributed by atoms with Gasteiger partial charge in [-0.25, -0.2) is 0 Å². The second kappa shape index (κ2) is 1.61. The number of hydrogen-bond acceptors (Lipinski definition) is 0. The molecule has 0 radical (unpaired) electrons. The second-order valence-electron chi connectivity index (χ2n) is 1.08. The molecule has 0 nitrogen and oxygen atoms in total. The third kappa shape index (κ3) is 0.582. The fourth-order valence-corrected chi connectivity index (χ4v) is 0.342. The summed E-state index contributed by atoms with van der Waals surface area (Å²) in [6, 6.07) is 9.67. The van der Waals surface area contributed by atoms with Gasteiger partial charge in [-0.05, 0) is 0 Å². The molecule has 0 aliphatic heterocycles. The molecule has 0 aromatic heterocycles. The molecule has 32 valence electrons. The Morgan fingerprint density at radius 3 is 2.00 bits per heavy atom. The molecule has 0 heteroatoms. The molecule has 0 aliphatic rings. The van der Waals surface area contributed by atoms with Gasteiger partial charge in [-0.1, -0.05) is 36.4 Å². The van der Waals surface area contributed by atoms with Crippen LogP contribution in [-0.2, 0) is 0 Å². The molecule has 1 aromatic rings. The van der Waals surface area contributed by atoms with Crippen LogP contribution in [0, 0.1) is 0 Å². The molecule has 0 bridgehead atoms. The standard InChI is InChI=1S/C6H6.H2/c1-2-4-6-5-3-1;/h1-6H;1H/i1D;1+1D. The first-order valence-electron chi connectivity index (χ1n) is 3.41. The van der Waals surface area contributed by atoms with Crippen LogP contribution < -0.4 is 0 Å². The maximum atomic E-state index is 7.00. The van der Waals surface area contributed by atoms with Gasteiger partial charge < -0.3 is 0 Å². The average Bonchev–Trinajstić information content (AvgIpc) is 1.94. The maximum absolute atomic E-state index is 7.00. The average molecular weight is 83.1 g/mol. The molecule has 0 heterocycles. The Morgan fingerprint density at radius 2 is 1.67 bits per heavy atom. The van der Waals surface area contributed by atoms with Crippen LogP contribution in [0.3, 0.4) is 0 Å². The zero-order valence-corrected chi connectivity index (χ0v) is 3.39. The van der Waals surface area contributed by atoms with Gasteiger partial charge in [0.05, 0.1) is 1.37 Å². The fraction of sp³-hybridized carbons (Fsp3) is 0. The van der Waals surface area contributed by atoms with Crippen molar-refractivity contribution in [1.82, 2.24) is 0 Å². The lowest BCUT2D eigenvalue weighted by molar-refractivity contribution is 1.72. The van der Waals surface area contributed by atoms with E-state index in [1.165, 1.54) is 0 Å². The Hall–Kier alpha value is -0.780. The molecule has 0 unspecified atom stereocenters. The molecule has 0 aliphatic carbocycles. The van der Waals surface area contributed by atoms with E-state index in [0.717, 1.165) is 0 Å². The topological polar surface area (TPSA) is 0 Å². The highest BCUT2D eigenvalue weighted by Crippen LogP contribution is 1.79. The minimum atomic E-state index is 0.572. The van der Waals surface area contributed by atoms with Crippen LogP contribution in [0.1, 0.15) is 4.34 Å². The molecule has 1 aromatic carbocycles. The summed E-state index contributed by atoms with van der Waals surface area (Å²) in [4.78, 5) is 0. The Bertz CT molecular complexity index is 138. The third-order valence-electron chi connectivity index (χ3n) is 0.607. The van der Waals surface area contributed by atoms with Crippen molar-refractivity contribution in [2.45, 2.75) is 0 Å². The van der Waals surface area contributed by atoms with Gasteiger partial charge in [0, 0.05) is 2.97 Å². The van der Waals surface area contributed by atoms with E-state index in [1.807, 2.05) is 18.2 Å². The zero-order valence-electron chi connectivity index (χ0n) is 6.39. The van der Waals surface area contributed by atoms with Crippen molar-refractivity contribution in [2.24, 2.45) is 0 Å². The molecule has 0 amide bonds. The van der Waals surface area contributed by atoms with Crippen molar-refractivity contribution < 1.29 is 4.34 Å². The van der Waals surface area contributed by atoms with Gasteiger partial charge in [-0.15, -0.1) is 0 Å². The zero-order chi connectivity index (χ0) is 7.11. The Balaban J connectivity index is 0.000000291. The second-order valence-corrected chi connectivity index (χ2v) is 1.08. The largest absolute Gasteiger partial charge is 0.0623 e. The maximum Gasteiger partial charge on any atom is 0.0623 e. The first kappa shape index (κ1) is 1.78. The first-order chi connectivity index (χ1) is 4.39. The number of rotatable bonds is 0. The normalized spacial score (nSPS) is 11.7. The molecule has 0 fully saturated rings. The van der Waals surface area contributed by atoms with E-state index in [-0.39, 0.29) is 0 Å². The molecular weight excluding hydrogens is 72.1 g/mol. The Labute approximate surface area is 41.9 Å². The van der Waals surface area contributed by atoms with Crippen LogP contribution in [0.4, 0.5) is 0 Å². The highest BCUT2D eigenvalue weighted by Gasteiger charge is 1.57. The smallest absolute Gasteiger partial charge is 0.0623 e. The fourth-order valence-electron chi connectivity index (χ4n) is 0.342. The lowest BCUT2D eigenvalue weighted by atomic mass is 10.4. The van der Waals surface area contributed by atoms with Crippen molar-refractivity contribution in [3.8, 4) is 0 Å². The first-order valence-corrected chi connectivity index (χ1v) is 1.91. The summed E-state index contributed by atoms with van der Waals surface area (Å²) in [6.07, 6.45) is 0. The van der Waals surface area contributed by atoms with Gasteiger partial charge >= 0.3 is 0 Å². The molecule has 0 saturated carbocycles. The van der Waals surface area contributed by atoms with Crippen molar-refractivity contribution in [1.29, 1.82) is 0 Å². The van der Waals surface area contributed by atoms with Gasteiger partial charge in [0.2, 0.25) is 0 Å². The highest BCUT2D eigenvalue weighted by atomic mass is 13.6. The van der Waals surface area contributed by atoms with E-state index < -0.39 is 0 Å². The van der Waals surface area contributed by atoms with Crippen molar-refractivity contribution in [3.63, 3.8) is 0 Å². The minimum Gasteiger partial charge on any atom is -0.0623 e. The van der Waals surface area contributed by atoms with E-state index >= 15 is 0 Å². The quantitative estimate of drug-likeness (QED) is 0.449. The summed E-state index contributed by atoms with van der Waals surface area (Å²) in [6.45, 7) is 0. The summed E-state index contributed by atoms with van der Waals surface area (Å²) in [5.41, 5.74) is 0. The van der Waals surface area contributed by atoms with Crippen molar-refractivity contribution >= 4 is 0 Å². The number of benzene rings is 1. The summed E-state index contributed by atoms with van der Waals surface area (Å²) in [7, 11) is 0. The van der Waals surface area contributed by atoms with Crippen molar-refractivity contribution in [3.05, 3.63) is 36.4 Å². The van der Waals surface area contributed by atoms with Crippen molar-refractivity contribution in [2.75, 3.05) is 0 Å². The van der Waals surface area contributed by atoms with Crippen LogP contribution >= 0.6 is 0 Å². The Morgan fingerprint density at radius 1 is 1.17 bits per heavy atom. The highest BCUT2D eigenvalue weighted by molar-refractivity contribution is 4.99. The van der Waals surface area contributed by atoms with E-state index in [4.69, 9.17) is 4.34 Å². The van der Waals surface area contributed by atoms with Gasteiger partial charge in [0.1, 0.15) is 0 Å². The molecule has 6 heavy (non-hydrogen) atoms. The van der Waals surface area contributed by atoms with Gasteiger partial charge in [0.25, 0.3) is 0 Å². The molecule has 0 N–H and O–H groups in total. The van der Waals surface area contributed by atoms with E-state index in [9.17, 15) is 0 Å². The predicted molar refractivity (Wildman–Crippen MR) is 28.6 cm³/mol. The summed E-state index contributed by atoms with van der Waals surface area (Å²) >= 11 is 0. The van der Waals surface area contributed by atoms with E-state index in [1.54, 1.807) is 12.1 Å². The Kier molecular flexibility index (Phi) is 0.477. The van der Waals surface area contributed by atoms with Gasteiger partial charge in [0.15, 0.2) is 0 Å². The molecule has 0 atom stereocenters. The van der Waals surface area contributed by atoms with Gasteiger partial charge in [-0.2, -0.15) is 0 Å². The predicted octanol–water partition coefficient (Wildman–Crippen LogP) is 1.93. The number of hydrogen-bond donors (Lipinski definition) is 0. The summed E-state index contributed by atoms with van der Waals surface area (Å²) in [5.74, 6) is 0. The molecular formula is C6H8. The third-order valence-corrected chi connectivity index (χ3v) is 0.607. The van der Waals surface area contributed by atoms with Crippen LogP contribution in [0.15, 0.2) is 36.4 Å². The van der Waals surface area contributed by atoms with E-state index in [0.29, 0.717) is 6.04 Å². The van der Waals surface area contributed by atoms with E-state index in [2.05, 4.69) is 0 Å². The monoisotopic (exact) mass is 83.1 g/mol. The SMILES string of the molecule is [2H][2H].[2H]c1ccccc1. The molecule has 0 spiro atoms. The summed E-state index contributed by atoms with van der Waals surface area (Å²) < 4.78 is 17.0. The van der Waals surface area contributed by atoms with Crippen LogP contribution in [-0.4, -0.2) is 0 Å². The lowest BCUT2D eigenvalue weighted by Gasteiger charge is -1.69.